The van der Waals surface area contributed by atoms with Gasteiger partial charge in [0.15, 0.2) is 0 Å². The van der Waals surface area contributed by atoms with Crippen molar-refractivity contribution in [1.82, 2.24) is 9.97 Å². The number of benzene rings is 1. The first-order chi connectivity index (χ1) is 6.88. The van der Waals surface area contributed by atoms with Gasteiger partial charge in [-0.25, -0.2) is 17.8 Å². The third-order valence-corrected chi connectivity index (χ3v) is 3.29. The predicted molar refractivity (Wildman–Crippen MR) is 54.1 cm³/mol. The largest absolute Gasteiger partial charge is 0.328 e. The standard InChI is InChI=1S/C7H3Cl2FN2O2S/c8-7-11-4-1-3(10)6(15(9,13)14)2-5(4)12-7/h1-2H,(H,11,12). The molecule has 0 saturated carbocycles. The van der Waals surface area contributed by atoms with E-state index in [1.807, 2.05) is 0 Å². The van der Waals surface area contributed by atoms with Crippen LogP contribution >= 0.6 is 22.3 Å². The Balaban J connectivity index is 2.83. The minimum Gasteiger partial charge on any atom is -0.328 e. The van der Waals surface area contributed by atoms with Crippen LogP contribution in [0.4, 0.5) is 4.39 Å². The number of hydrogen-bond acceptors (Lipinski definition) is 3. The number of H-pyrrole nitrogens is 1. The summed E-state index contributed by atoms with van der Waals surface area (Å²) in [6.07, 6.45) is 0. The lowest BCUT2D eigenvalue weighted by Gasteiger charge is -1.97. The number of nitrogens with one attached hydrogen (secondary N) is 1. The van der Waals surface area contributed by atoms with Crippen molar-refractivity contribution >= 4 is 42.4 Å². The van der Waals surface area contributed by atoms with E-state index in [1.54, 1.807) is 0 Å². The van der Waals surface area contributed by atoms with Gasteiger partial charge in [0.2, 0.25) is 5.28 Å². The Hall–Kier alpha value is -0.850. The molecule has 0 amide bonds. The first-order valence-electron chi connectivity index (χ1n) is 3.67. The molecule has 4 nitrogen and oxygen atoms in total. The number of imidazole rings is 1. The van der Waals surface area contributed by atoms with Gasteiger partial charge in [0, 0.05) is 16.7 Å². The van der Waals surface area contributed by atoms with Gasteiger partial charge in [0.1, 0.15) is 10.7 Å². The fraction of sp³-hybridized carbons (Fsp3) is 0. The second kappa shape index (κ2) is 3.33. The SMILES string of the molecule is O=S(=O)(Cl)c1cc2nc(Cl)[nH]c2cc1F. The molecule has 1 heterocycles. The van der Waals surface area contributed by atoms with Crippen LogP contribution in [0.3, 0.4) is 0 Å². The lowest BCUT2D eigenvalue weighted by Crippen LogP contribution is -1.95. The monoisotopic (exact) mass is 268 g/mol. The highest BCUT2D eigenvalue weighted by Crippen LogP contribution is 2.24. The Bertz CT molecular complexity index is 638. The van der Waals surface area contributed by atoms with Crippen LogP contribution < -0.4 is 0 Å². The highest BCUT2D eigenvalue weighted by Gasteiger charge is 2.18. The van der Waals surface area contributed by atoms with Gasteiger partial charge in [-0.1, -0.05) is 0 Å². The molecule has 0 atom stereocenters. The third-order valence-electron chi connectivity index (χ3n) is 1.77. The molecule has 1 N–H and O–H groups in total. The van der Waals surface area contributed by atoms with Crippen molar-refractivity contribution in [3.05, 3.63) is 23.2 Å². The zero-order valence-corrected chi connectivity index (χ0v) is 9.29. The van der Waals surface area contributed by atoms with E-state index in [-0.39, 0.29) is 10.8 Å². The van der Waals surface area contributed by atoms with Gasteiger partial charge >= 0.3 is 0 Å². The molecule has 0 saturated heterocycles. The zero-order chi connectivity index (χ0) is 11.2. The van der Waals surface area contributed by atoms with Crippen molar-refractivity contribution in [3.8, 4) is 0 Å². The Morgan fingerprint density at radius 1 is 1.40 bits per heavy atom. The van der Waals surface area contributed by atoms with E-state index < -0.39 is 19.8 Å². The van der Waals surface area contributed by atoms with Crippen LogP contribution in [0.1, 0.15) is 0 Å². The van der Waals surface area contributed by atoms with Gasteiger partial charge in [-0.2, -0.15) is 0 Å². The summed E-state index contributed by atoms with van der Waals surface area (Å²) in [7, 11) is 0.917. The molecule has 0 aliphatic heterocycles. The number of nitrogens with zero attached hydrogens (tertiary/aromatic N) is 1. The predicted octanol–water partition coefficient (Wildman–Crippen LogP) is 2.28. The van der Waals surface area contributed by atoms with Crippen LogP contribution in [-0.4, -0.2) is 18.4 Å². The van der Waals surface area contributed by atoms with Crippen molar-refractivity contribution in [2.75, 3.05) is 0 Å². The van der Waals surface area contributed by atoms with E-state index in [0.717, 1.165) is 12.1 Å². The molecule has 0 aliphatic rings. The second-order valence-electron chi connectivity index (χ2n) is 2.77. The first kappa shape index (κ1) is 10.7. The fourth-order valence-electron chi connectivity index (χ4n) is 1.17. The lowest BCUT2D eigenvalue weighted by atomic mass is 10.3. The highest BCUT2D eigenvalue weighted by molar-refractivity contribution is 8.13. The molecule has 2 rings (SSSR count). The van der Waals surface area contributed by atoms with Crippen LogP contribution in [-0.2, 0) is 9.05 Å². The first-order valence-corrected chi connectivity index (χ1v) is 6.36. The van der Waals surface area contributed by atoms with E-state index in [4.69, 9.17) is 22.3 Å². The van der Waals surface area contributed by atoms with Gasteiger partial charge in [-0.05, 0) is 17.7 Å². The summed E-state index contributed by atoms with van der Waals surface area (Å²) < 4.78 is 35.2. The van der Waals surface area contributed by atoms with Crippen LogP contribution in [0.2, 0.25) is 5.28 Å². The molecule has 0 spiro atoms. The average molecular weight is 269 g/mol. The summed E-state index contributed by atoms with van der Waals surface area (Å²) in [6.45, 7) is 0. The van der Waals surface area contributed by atoms with Crippen molar-refractivity contribution < 1.29 is 12.8 Å². The van der Waals surface area contributed by atoms with E-state index >= 15 is 0 Å². The summed E-state index contributed by atoms with van der Waals surface area (Å²) in [6, 6.07) is 2.00. The quantitative estimate of drug-likeness (QED) is 0.808. The minimum absolute atomic E-state index is 0.0496. The van der Waals surface area contributed by atoms with E-state index in [2.05, 4.69) is 9.97 Å². The van der Waals surface area contributed by atoms with Gasteiger partial charge in [-0.15, -0.1) is 0 Å². The Kier molecular flexibility index (Phi) is 2.37. The van der Waals surface area contributed by atoms with Gasteiger partial charge < -0.3 is 4.98 Å². The maximum Gasteiger partial charge on any atom is 0.264 e. The van der Waals surface area contributed by atoms with Crippen LogP contribution in [0, 0.1) is 5.82 Å². The summed E-state index contributed by atoms with van der Waals surface area (Å²) in [4.78, 5) is 5.69. The normalized spacial score (nSPS) is 12.2. The molecule has 0 bridgehead atoms. The summed E-state index contributed by atoms with van der Waals surface area (Å²) in [5, 5.41) is 0.0496. The number of aromatic amines is 1. The molecule has 80 valence electrons. The number of fused-ring (bicyclic) bond motifs is 1. The molecule has 0 fully saturated rings. The number of halogens is 3. The second-order valence-corrected chi connectivity index (χ2v) is 5.66. The molecule has 1 aromatic carbocycles. The molecular weight excluding hydrogens is 266 g/mol. The smallest absolute Gasteiger partial charge is 0.264 e. The van der Waals surface area contributed by atoms with Gasteiger partial charge in [-0.3, -0.25) is 0 Å². The Morgan fingerprint density at radius 3 is 2.67 bits per heavy atom. The van der Waals surface area contributed by atoms with Gasteiger partial charge in [0.05, 0.1) is 11.0 Å². The molecule has 0 aliphatic carbocycles. The van der Waals surface area contributed by atoms with E-state index in [1.165, 1.54) is 0 Å². The minimum atomic E-state index is -4.12. The van der Waals surface area contributed by atoms with Crippen LogP contribution in [0.5, 0.6) is 0 Å². The molecule has 0 unspecified atom stereocenters. The van der Waals surface area contributed by atoms with Crippen LogP contribution in [0.25, 0.3) is 11.0 Å². The van der Waals surface area contributed by atoms with E-state index in [9.17, 15) is 12.8 Å². The number of hydrogen-bond donors (Lipinski definition) is 1. The number of aromatic nitrogens is 2. The summed E-state index contributed by atoms with van der Waals surface area (Å²) in [5.74, 6) is -0.946. The molecular formula is C7H3Cl2FN2O2S. The van der Waals surface area contributed by atoms with Crippen molar-refractivity contribution in [2.45, 2.75) is 4.90 Å². The molecule has 8 heteroatoms. The highest BCUT2D eigenvalue weighted by atomic mass is 35.7. The molecule has 0 radical (unpaired) electrons. The molecule has 2 aromatic rings. The fourth-order valence-corrected chi connectivity index (χ4v) is 2.26. The average Bonchev–Trinajstić information content (AvgIpc) is 2.40. The molecule has 15 heavy (non-hydrogen) atoms. The summed E-state index contributed by atoms with van der Waals surface area (Å²) in [5.41, 5.74) is 0.544. The Morgan fingerprint density at radius 2 is 2.07 bits per heavy atom. The maximum atomic E-state index is 13.3. The topological polar surface area (TPSA) is 62.8 Å². The lowest BCUT2D eigenvalue weighted by molar-refractivity contribution is 0.577. The van der Waals surface area contributed by atoms with Gasteiger partial charge in [0.25, 0.3) is 9.05 Å². The zero-order valence-electron chi connectivity index (χ0n) is 6.96. The van der Waals surface area contributed by atoms with Crippen molar-refractivity contribution in [2.24, 2.45) is 0 Å². The maximum absolute atomic E-state index is 13.3. The number of rotatable bonds is 1. The third kappa shape index (κ3) is 1.92. The summed E-state index contributed by atoms with van der Waals surface area (Å²) >= 11 is 5.53. The van der Waals surface area contributed by atoms with E-state index in [0.29, 0.717) is 5.52 Å². The van der Waals surface area contributed by atoms with Crippen LogP contribution in [0.15, 0.2) is 17.0 Å². The Labute approximate surface area is 93.4 Å². The van der Waals surface area contributed by atoms with Crippen molar-refractivity contribution in [3.63, 3.8) is 0 Å². The molecule has 1 aromatic heterocycles. The van der Waals surface area contributed by atoms with Crippen molar-refractivity contribution in [1.29, 1.82) is 0 Å².